The first-order valence-electron chi connectivity index (χ1n) is 5.58. The number of nitrogens with zero attached hydrogens (tertiary/aromatic N) is 1. The molecule has 1 heterocycles. The zero-order valence-electron chi connectivity index (χ0n) is 10.1. The van der Waals surface area contributed by atoms with Crippen LogP contribution in [-0.4, -0.2) is 11.5 Å². The molecular formula is C13H16N2OS. The molecule has 2 N–H and O–H groups in total. The standard InChI is InChI=1S/C13H16N2OS/c1-9-3-4-12(11(7-9)5-6-14)17-13-15-10(2)8-16-13/h3-4,7-8H,5-6,14H2,1-2H3. The van der Waals surface area contributed by atoms with Gasteiger partial charge in [-0.3, -0.25) is 0 Å². The molecule has 90 valence electrons. The second kappa shape index (κ2) is 5.38. The van der Waals surface area contributed by atoms with Gasteiger partial charge in [0.25, 0.3) is 5.22 Å². The van der Waals surface area contributed by atoms with Crippen molar-refractivity contribution < 1.29 is 4.42 Å². The number of benzene rings is 1. The lowest BCUT2D eigenvalue weighted by Gasteiger charge is -2.07. The normalized spacial score (nSPS) is 10.8. The molecule has 0 saturated carbocycles. The van der Waals surface area contributed by atoms with Crippen molar-refractivity contribution in [3.8, 4) is 0 Å². The maximum atomic E-state index is 5.63. The molecule has 0 saturated heterocycles. The van der Waals surface area contributed by atoms with Gasteiger partial charge in [0.05, 0.1) is 5.69 Å². The Morgan fingerprint density at radius 3 is 2.82 bits per heavy atom. The molecule has 0 radical (unpaired) electrons. The number of hydrogen-bond acceptors (Lipinski definition) is 4. The van der Waals surface area contributed by atoms with Crippen molar-refractivity contribution in [2.45, 2.75) is 30.4 Å². The Hall–Kier alpha value is -1.26. The molecule has 0 fully saturated rings. The van der Waals surface area contributed by atoms with E-state index in [2.05, 4.69) is 30.1 Å². The zero-order valence-corrected chi connectivity index (χ0v) is 10.9. The number of rotatable bonds is 4. The second-order valence-electron chi connectivity index (χ2n) is 4.01. The minimum absolute atomic E-state index is 0.654. The van der Waals surface area contributed by atoms with Crippen molar-refractivity contribution in [1.29, 1.82) is 0 Å². The van der Waals surface area contributed by atoms with Crippen molar-refractivity contribution in [1.82, 2.24) is 4.98 Å². The summed E-state index contributed by atoms with van der Waals surface area (Å²) in [6.45, 7) is 4.66. The predicted molar refractivity (Wildman–Crippen MR) is 69.3 cm³/mol. The molecule has 0 amide bonds. The molecule has 1 aromatic heterocycles. The molecule has 2 aromatic rings. The maximum absolute atomic E-state index is 5.63. The average molecular weight is 248 g/mol. The molecule has 0 aliphatic carbocycles. The Morgan fingerprint density at radius 1 is 1.35 bits per heavy atom. The van der Waals surface area contributed by atoms with Crippen LogP contribution in [0, 0.1) is 13.8 Å². The van der Waals surface area contributed by atoms with Gasteiger partial charge in [-0.2, -0.15) is 0 Å². The molecule has 0 aliphatic heterocycles. The smallest absolute Gasteiger partial charge is 0.260 e. The van der Waals surface area contributed by atoms with Crippen LogP contribution in [0.2, 0.25) is 0 Å². The van der Waals surface area contributed by atoms with Crippen LogP contribution >= 0.6 is 11.8 Å². The molecule has 4 heteroatoms. The van der Waals surface area contributed by atoms with Gasteiger partial charge < -0.3 is 10.2 Å². The second-order valence-corrected chi connectivity index (χ2v) is 5.00. The van der Waals surface area contributed by atoms with E-state index in [-0.39, 0.29) is 0 Å². The predicted octanol–water partition coefficient (Wildman–Crippen LogP) is 2.94. The van der Waals surface area contributed by atoms with Gasteiger partial charge in [-0.05, 0) is 50.2 Å². The van der Waals surface area contributed by atoms with E-state index in [0.29, 0.717) is 11.8 Å². The zero-order chi connectivity index (χ0) is 12.3. The minimum atomic E-state index is 0.654. The van der Waals surface area contributed by atoms with Crippen molar-refractivity contribution in [2.75, 3.05) is 6.54 Å². The van der Waals surface area contributed by atoms with Crippen molar-refractivity contribution >= 4 is 11.8 Å². The fraction of sp³-hybridized carbons (Fsp3) is 0.308. The highest BCUT2D eigenvalue weighted by molar-refractivity contribution is 7.99. The summed E-state index contributed by atoms with van der Waals surface area (Å²) in [5.41, 5.74) is 9.04. The highest BCUT2D eigenvalue weighted by Gasteiger charge is 2.08. The summed E-state index contributed by atoms with van der Waals surface area (Å²) in [7, 11) is 0. The number of nitrogens with two attached hydrogens (primary N) is 1. The minimum Gasteiger partial charge on any atom is -0.439 e. The van der Waals surface area contributed by atoms with Gasteiger partial charge in [0, 0.05) is 4.90 Å². The monoisotopic (exact) mass is 248 g/mol. The van der Waals surface area contributed by atoms with Crippen LogP contribution in [-0.2, 0) is 6.42 Å². The lowest BCUT2D eigenvalue weighted by molar-refractivity contribution is 0.454. The van der Waals surface area contributed by atoms with E-state index in [1.807, 2.05) is 6.92 Å². The Kier molecular flexibility index (Phi) is 3.86. The van der Waals surface area contributed by atoms with Gasteiger partial charge in [0.15, 0.2) is 0 Å². The Labute approximate surface area is 105 Å². The van der Waals surface area contributed by atoms with Gasteiger partial charge in [-0.15, -0.1) is 0 Å². The van der Waals surface area contributed by atoms with E-state index in [4.69, 9.17) is 10.2 Å². The van der Waals surface area contributed by atoms with Crippen LogP contribution < -0.4 is 5.73 Å². The Bertz CT molecular complexity index is 508. The van der Waals surface area contributed by atoms with E-state index < -0.39 is 0 Å². The molecule has 0 aliphatic rings. The van der Waals surface area contributed by atoms with Crippen LogP contribution in [0.5, 0.6) is 0 Å². The summed E-state index contributed by atoms with van der Waals surface area (Å²) < 4.78 is 5.35. The maximum Gasteiger partial charge on any atom is 0.260 e. The van der Waals surface area contributed by atoms with Crippen LogP contribution in [0.1, 0.15) is 16.8 Å². The van der Waals surface area contributed by atoms with Crippen LogP contribution in [0.3, 0.4) is 0 Å². The molecular weight excluding hydrogens is 232 g/mol. The summed E-state index contributed by atoms with van der Waals surface area (Å²) in [6.07, 6.45) is 2.54. The molecule has 3 nitrogen and oxygen atoms in total. The van der Waals surface area contributed by atoms with E-state index in [0.717, 1.165) is 12.1 Å². The molecule has 0 bridgehead atoms. The molecule has 0 atom stereocenters. The quantitative estimate of drug-likeness (QED) is 0.903. The molecule has 0 spiro atoms. The van der Waals surface area contributed by atoms with Gasteiger partial charge in [0.1, 0.15) is 6.26 Å². The highest BCUT2D eigenvalue weighted by atomic mass is 32.2. The first-order chi connectivity index (χ1) is 8.19. The van der Waals surface area contributed by atoms with Crippen LogP contribution in [0.25, 0.3) is 0 Å². The third kappa shape index (κ3) is 3.11. The summed E-state index contributed by atoms with van der Waals surface area (Å²) >= 11 is 1.55. The number of aromatic nitrogens is 1. The van der Waals surface area contributed by atoms with E-state index in [9.17, 15) is 0 Å². The fourth-order valence-corrected chi connectivity index (χ4v) is 2.53. The van der Waals surface area contributed by atoms with Gasteiger partial charge in [-0.1, -0.05) is 17.7 Å². The van der Waals surface area contributed by atoms with Gasteiger partial charge in [0.2, 0.25) is 0 Å². The summed E-state index contributed by atoms with van der Waals surface area (Å²) in [5.74, 6) is 0. The van der Waals surface area contributed by atoms with Crippen molar-refractivity contribution in [3.05, 3.63) is 41.3 Å². The van der Waals surface area contributed by atoms with E-state index in [1.54, 1.807) is 18.0 Å². The summed E-state index contributed by atoms with van der Waals surface area (Å²) in [4.78, 5) is 5.46. The third-order valence-corrected chi connectivity index (χ3v) is 3.41. The topological polar surface area (TPSA) is 52.0 Å². The highest BCUT2D eigenvalue weighted by Crippen LogP contribution is 2.30. The first-order valence-corrected chi connectivity index (χ1v) is 6.40. The molecule has 17 heavy (non-hydrogen) atoms. The number of oxazole rings is 1. The van der Waals surface area contributed by atoms with Crippen LogP contribution in [0.15, 0.2) is 39.0 Å². The molecule has 1 aromatic carbocycles. The largest absolute Gasteiger partial charge is 0.439 e. The Morgan fingerprint density at radius 2 is 2.18 bits per heavy atom. The number of aryl methyl sites for hydroxylation is 2. The number of hydrogen-bond donors (Lipinski definition) is 1. The van der Waals surface area contributed by atoms with Crippen molar-refractivity contribution in [2.24, 2.45) is 5.73 Å². The fourth-order valence-electron chi connectivity index (χ4n) is 1.63. The summed E-state index contributed by atoms with van der Waals surface area (Å²) in [5, 5.41) is 0.685. The van der Waals surface area contributed by atoms with Gasteiger partial charge in [-0.25, -0.2) is 4.98 Å². The average Bonchev–Trinajstić information content (AvgIpc) is 2.69. The van der Waals surface area contributed by atoms with Crippen molar-refractivity contribution in [3.63, 3.8) is 0 Å². The van der Waals surface area contributed by atoms with E-state index in [1.165, 1.54) is 16.0 Å². The van der Waals surface area contributed by atoms with E-state index >= 15 is 0 Å². The summed E-state index contributed by atoms with van der Waals surface area (Å²) in [6, 6.07) is 6.37. The first kappa shape index (κ1) is 12.2. The molecule has 0 unspecified atom stereocenters. The lowest BCUT2D eigenvalue weighted by Crippen LogP contribution is -2.04. The third-order valence-electron chi connectivity index (χ3n) is 2.42. The molecule has 2 rings (SSSR count). The SMILES string of the molecule is Cc1ccc(Sc2nc(C)co2)c(CCN)c1. The van der Waals surface area contributed by atoms with Crippen LogP contribution in [0.4, 0.5) is 0 Å². The lowest BCUT2D eigenvalue weighted by atomic mass is 10.1. The Balaban J connectivity index is 2.25. The van der Waals surface area contributed by atoms with Gasteiger partial charge >= 0.3 is 0 Å².